The molecule has 0 radical (unpaired) electrons. The molecular weight excluding hydrogens is 379 g/mol. The van der Waals surface area contributed by atoms with E-state index in [4.69, 9.17) is 18.8 Å². The highest BCUT2D eigenvalue weighted by atomic mass is 16.7. The third-order valence-electron chi connectivity index (χ3n) is 7.97. The SMILES string of the molecule is CCOB(OC1CC2CC(C1)C2(C)C)[C@H]1C[C@H]1c1cccc2c1OC(C)(C)OC2=O. The van der Waals surface area contributed by atoms with Gasteiger partial charge in [-0.2, -0.15) is 0 Å². The van der Waals surface area contributed by atoms with Gasteiger partial charge in [0.1, 0.15) is 11.3 Å². The zero-order valence-corrected chi connectivity index (χ0v) is 18.8. The second-order valence-electron chi connectivity index (χ2n) is 10.6. The van der Waals surface area contributed by atoms with E-state index in [0.29, 0.717) is 35.3 Å². The molecule has 5 aliphatic rings. The smallest absolute Gasteiger partial charge is 0.452 e. The Labute approximate surface area is 179 Å². The Morgan fingerprint density at radius 3 is 2.47 bits per heavy atom. The minimum absolute atomic E-state index is 0.190. The second kappa shape index (κ2) is 6.99. The lowest BCUT2D eigenvalue weighted by Gasteiger charge is -2.59. The van der Waals surface area contributed by atoms with E-state index in [1.165, 1.54) is 6.42 Å². The minimum Gasteiger partial charge on any atom is -0.452 e. The van der Waals surface area contributed by atoms with Gasteiger partial charge in [-0.05, 0) is 67.4 Å². The molecule has 30 heavy (non-hydrogen) atoms. The Morgan fingerprint density at radius 1 is 1.07 bits per heavy atom. The predicted molar refractivity (Wildman–Crippen MR) is 115 cm³/mol. The van der Waals surface area contributed by atoms with Gasteiger partial charge in [-0.3, -0.25) is 0 Å². The van der Waals surface area contributed by atoms with Gasteiger partial charge >= 0.3 is 13.1 Å². The minimum atomic E-state index is -0.948. The lowest BCUT2D eigenvalue weighted by molar-refractivity contribution is -0.127. The Balaban J connectivity index is 1.31. The molecule has 4 fully saturated rings. The molecule has 0 amide bonds. The maximum absolute atomic E-state index is 12.4. The molecule has 1 aromatic carbocycles. The molecular formula is C24H33BO5. The van der Waals surface area contributed by atoms with Gasteiger partial charge in [-0.1, -0.05) is 26.0 Å². The van der Waals surface area contributed by atoms with Crippen molar-refractivity contribution in [2.24, 2.45) is 17.3 Å². The van der Waals surface area contributed by atoms with Gasteiger partial charge < -0.3 is 18.8 Å². The Kier molecular flexibility index (Phi) is 4.75. The number of hydrogen-bond acceptors (Lipinski definition) is 5. The Morgan fingerprint density at radius 2 is 1.80 bits per heavy atom. The normalized spacial score (nSPS) is 34.8. The van der Waals surface area contributed by atoms with Crippen molar-refractivity contribution < 1.29 is 23.6 Å². The topological polar surface area (TPSA) is 54.0 Å². The highest BCUT2D eigenvalue weighted by Gasteiger charge is 2.56. The summed E-state index contributed by atoms with van der Waals surface area (Å²) in [6.45, 7) is 11.0. The summed E-state index contributed by atoms with van der Waals surface area (Å²) in [5.74, 6) is 1.54. The fourth-order valence-corrected chi connectivity index (χ4v) is 5.92. The van der Waals surface area contributed by atoms with E-state index in [0.717, 1.165) is 36.7 Å². The standard InChI is InChI=1S/C24H33BO5/c1-6-27-25(30-16-11-14-10-15(12-16)23(14,2)3)20-13-19(20)17-8-7-9-18-21(17)28-24(4,5)29-22(18)26/h7-9,14-16,19-20H,6,10-13H2,1-5H3/t14?,15?,16?,19-,20-/m0/s1. The summed E-state index contributed by atoms with van der Waals surface area (Å²) in [5.41, 5.74) is 2.06. The zero-order chi connectivity index (χ0) is 21.3. The molecule has 0 saturated heterocycles. The van der Waals surface area contributed by atoms with Crippen LogP contribution >= 0.6 is 0 Å². The Hall–Kier alpha value is -1.53. The molecule has 6 heteroatoms. The molecule has 1 aliphatic heterocycles. The molecule has 0 aromatic heterocycles. The van der Waals surface area contributed by atoms with Crippen molar-refractivity contribution in [2.75, 3.05) is 6.61 Å². The van der Waals surface area contributed by atoms with Gasteiger partial charge in [-0.15, -0.1) is 0 Å². The summed E-state index contributed by atoms with van der Waals surface area (Å²) in [6.07, 6.45) is 4.94. The van der Waals surface area contributed by atoms with Crippen LogP contribution in [0, 0.1) is 17.3 Å². The van der Waals surface area contributed by atoms with Crippen LogP contribution in [0.4, 0.5) is 0 Å². The largest absolute Gasteiger partial charge is 0.461 e. The highest BCUT2D eigenvalue weighted by Crippen LogP contribution is 2.61. The third-order valence-corrected chi connectivity index (χ3v) is 7.97. The van der Waals surface area contributed by atoms with Crippen molar-refractivity contribution in [1.29, 1.82) is 0 Å². The number of benzene rings is 1. The van der Waals surface area contributed by atoms with Crippen LogP contribution in [0.3, 0.4) is 0 Å². The molecule has 0 N–H and O–H groups in total. The van der Waals surface area contributed by atoms with Gasteiger partial charge in [0, 0.05) is 32.4 Å². The van der Waals surface area contributed by atoms with Gasteiger partial charge in [-0.25, -0.2) is 4.79 Å². The zero-order valence-electron chi connectivity index (χ0n) is 18.8. The van der Waals surface area contributed by atoms with Gasteiger partial charge in [0.05, 0.1) is 0 Å². The van der Waals surface area contributed by atoms with Crippen LogP contribution in [0.5, 0.6) is 5.75 Å². The average molecular weight is 412 g/mol. The first-order valence-corrected chi connectivity index (χ1v) is 11.5. The first-order valence-electron chi connectivity index (χ1n) is 11.5. The average Bonchev–Trinajstić information content (AvgIpc) is 3.47. The van der Waals surface area contributed by atoms with Crippen molar-refractivity contribution in [2.45, 2.75) is 83.9 Å². The van der Waals surface area contributed by atoms with Crippen molar-refractivity contribution in [1.82, 2.24) is 0 Å². The van der Waals surface area contributed by atoms with E-state index in [-0.39, 0.29) is 19.0 Å². The number of para-hydroxylation sites is 1. The lowest BCUT2D eigenvalue weighted by atomic mass is 9.48. The summed E-state index contributed by atoms with van der Waals surface area (Å²) >= 11 is 0. The number of cyclic esters (lactones) is 1. The van der Waals surface area contributed by atoms with E-state index in [1.54, 1.807) is 19.9 Å². The van der Waals surface area contributed by atoms with Crippen molar-refractivity contribution in [3.05, 3.63) is 29.3 Å². The number of carbonyl (C=O) groups is 1. The van der Waals surface area contributed by atoms with Gasteiger partial charge in [0.25, 0.3) is 0 Å². The summed E-state index contributed by atoms with van der Waals surface area (Å²) in [4.78, 5) is 12.4. The molecule has 6 rings (SSSR count). The van der Waals surface area contributed by atoms with Gasteiger partial charge in [0.2, 0.25) is 5.79 Å². The second-order valence-corrected chi connectivity index (χ2v) is 10.6. The summed E-state index contributed by atoms with van der Waals surface area (Å²) in [6, 6.07) is 5.76. The van der Waals surface area contributed by atoms with E-state index in [1.807, 2.05) is 13.0 Å². The van der Waals surface area contributed by atoms with Crippen LogP contribution in [0.25, 0.3) is 0 Å². The number of rotatable bonds is 6. The molecule has 2 unspecified atom stereocenters. The van der Waals surface area contributed by atoms with E-state index < -0.39 is 5.79 Å². The van der Waals surface area contributed by atoms with Crippen molar-refractivity contribution in [3.63, 3.8) is 0 Å². The van der Waals surface area contributed by atoms with E-state index in [2.05, 4.69) is 19.9 Å². The molecule has 1 heterocycles. The number of hydrogen-bond donors (Lipinski definition) is 0. The first kappa shape index (κ1) is 20.4. The molecule has 4 atom stereocenters. The molecule has 0 spiro atoms. The summed E-state index contributed by atoms with van der Waals surface area (Å²) < 4.78 is 24.1. The number of ether oxygens (including phenoxy) is 2. The van der Waals surface area contributed by atoms with Crippen LogP contribution < -0.4 is 4.74 Å². The lowest BCUT2D eigenvalue weighted by Crippen LogP contribution is -2.53. The molecule has 4 aliphatic carbocycles. The van der Waals surface area contributed by atoms with Crippen LogP contribution in [0.15, 0.2) is 18.2 Å². The van der Waals surface area contributed by atoms with Crippen LogP contribution in [-0.4, -0.2) is 31.6 Å². The van der Waals surface area contributed by atoms with Crippen molar-refractivity contribution in [3.8, 4) is 5.75 Å². The highest BCUT2D eigenvalue weighted by molar-refractivity contribution is 6.48. The van der Waals surface area contributed by atoms with Crippen LogP contribution in [-0.2, 0) is 14.0 Å². The summed E-state index contributed by atoms with van der Waals surface area (Å²) in [7, 11) is -0.190. The quantitative estimate of drug-likeness (QED) is 0.475. The number of carbonyl (C=O) groups excluding carboxylic acids is 1. The fraction of sp³-hybridized carbons (Fsp3) is 0.708. The molecule has 5 nitrogen and oxygen atoms in total. The Bertz CT molecular complexity index is 836. The molecule has 4 saturated carbocycles. The van der Waals surface area contributed by atoms with E-state index >= 15 is 0 Å². The maximum Gasteiger partial charge on any atom is 0.461 e. The monoisotopic (exact) mass is 412 g/mol. The van der Waals surface area contributed by atoms with Crippen LogP contribution in [0.1, 0.15) is 82.1 Å². The molecule has 162 valence electrons. The van der Waals surface area contributed by atoms with Gasteiger partial charge in [0.15, 0.2) is 0 Å². The van der Waals surface area contributed by atoms with E-state index in [9.17, 15) is 4.79 Å². The first-order chi connectivity index (χ1) is 14.2. The third kappa shape index (κ3) is 3.36. The molecule has 2 bridgehead atoms. The number of esters is 1. The molecule has 1 aromatic rings. The fourth-order valence-electron chi connectivity index (χ4n) is 5.92. The number of fused-ring (bicyclic) bond motifs is 3. The predicted octanol–water partition coefficient (Wildman–Crippen LogP) is 5.20. The maximum atomic E-state index is 12.4. The summed E-state index contributed by atoms with van der Waals surface area (Å²) in [5, 5.41) is 0. The van der Waals surface area contributed by atoms with Crippen LogP contribution in [0.2, 0.25) is 5.82 Å². The van der Waals surface area contributed by atoms with Crippen molar-refractivity contribution >= 4 is 13.1 Å².